The molecule has 1 amide bonds. The van der Waals surface area contributed by atoms with Crippen molar-refractivity contribution in [2.75, 3.05) is 25.0 Å². The molecule has 1 aromatic carbocycles. The number of carbonyl (C=O) groups excluding carboxylic acids is 1. The number of para-hydroxylation sites is 1. The summed E-state index contributed by atoms with van der Waals surface area (Å²) in [5.74, 6) is -3.96. The van der Waals surface area contributed by atoms with Crippen LogP contribution in [-0.2, 0) is 14.6 Å². The number of amides is 1. The molecule has 1 N–H and O–H groups in total. The van der Waals surface area contributed by atoms with Crippen LogP contribution in [0.1, 0.15) is 26.7 Å². The molecule has 0 aromatic heterocycles. The number of nitrogens with zero attached hydrogens (tertiary/aromatic N) is 1. The lowest BCUT2D eigenvalue weighted by molar-refractivity contribution is -0.117. The lowest BCUT2D eigenvalue weighted by Gasteiger charge is -2.20. The molecule has 5 nitrogen and oxygen atoms in total. The van der Waals surface area contributed by atoms with Crippen molar-refractivity contribution in [3.05, 3.63) is 24.3 Å². The zero-order valence-electron chi connectivity index (χ0n) is 13.3. The van der Waals surface area contributed by atoms with E-state index in [0.29, 0.717) is 6.54 Å². The van der Waals surface area contributed by atoms with Gasteiger partial charge in [0.25, 0.3) is 0 Å². The molecule has 0 aliphatic carbocycles. The average Bonchev–Trinajstić information content (AvgIpc) is 2.51. The topological polar surface area (TPSA) is 66.5 Å². The van der Waals surface area contributed by atoms with Crippen LogP contribution in [0.5, 0.6) is 0 Å². The zero-order valence-corrected chi connectivity index (χ0v) is 14.1. The first kappa shape index (κ1) is 19.5. The normalized spacial score (nSPS) is 11.9. The highest BCUT2D eigenvalue weighted by Gasteiger charge is 2.29. The minimum Gasteiger partial charge on any atom is -0.324 e. The summed E-state index contributed by atoms with van der Waals surface area (Å²) in [6, 6.07) is 5.18. The highest BCUT2D eigenvalue weighted by atomic mass is 32.2. The van der Waals surface area contributed by atoms with Gasteiger partial charge in [0, 0.05) is 0 Å². The third-order valence-corrected chi connectivity index (χ3v) is 4.78. The molecular formula is C15H22F2N2O3S. The Balaban J connectivity index is 2.87. The van der Waals surface area contributed by atoms with Crippen LogP contribution in [0.25, 0.3) is 0 Å². The van der Waals surface area contributed by atoms with Crippen molar-refractivity contribution in [1.82, 2.24) is 4.90 Å². The molecule has 0 unspecified atom stereocenters. The predicted octanol–water partition coefficient (Wildman–Crippen LogP) is 2.74. The first-order chi connectivity index (χ1) is 10.8. The minimum absolute atomic E-state index is 0.0829. The Morgan fingerprint density at radius 2 is 1.91 bits per heavy atom. The second-order valence-corrected chi connectivity index (χ2v) is 6.96. The van der Waals surface area contributed by atoms with Crippen molar-refractivity contribution in [3.8, 4) is 0 Å². The first-order valence-corrected chi connectivity index (χ1v) is 9.00. The van der Waals surface area contributed by atoms with E-state index in [0.717, 1.165) is 25.5 Å². The Hall–Kier alpha value is -1.54. The highest BCUT2D eigenvalue weighted by molar-refractivity contribution is 7.91. The standard InChI is InChI=1S/C15H22F2N2O3S/c1-3-5-10-19(4-2)11-14(20)18-12-8-6-7-9-13(12)23(21,22)15(16)17/h6-9,15H,3-5,10-11H2,1-2H3,(H,18,20). The quantitative estimate of drug-likeness (QED) is 0.745. The largest absolute Gasteiger partial charge is 0.341 e. The van der Waals surface area contributed by atoms with Crippen molar-refractivity contribution in [3.63, 3.8) is 0 Å². The van der Waals surface area contributed by atoms with Crippen LogP contribution in [0.15, 0.2) is 29.2 Å². The third-order valence-electron chi connectivity index (χ3n) is 3.34. The van der Waals surface area contributed by atoms with Gasteiger partial charge < -0.3 is 5.32 Å². The molecule has 0 aliphatic rings. The van der Waals surface area contributed by atoms with E-state index in [2.05, 4.69) is 5.32 Å². The summed E-state index contributed by atoms with van der Waals surface area (Å²) in [6.45, 7) is 5.46. The Kier molecular flexibility index (Phi) is 7.57. The number of likely N-dealkylation sites (N-methyl/N-ethyl adjacent to an activating group) is 1. The Morgan fingerprint density at radius 1 is 1.26 bits per heavy atom. The molecule has 0 atom stereocenters. The molecule has 0 spiro atoms. The van der Waals surface area contributed by atoms with Crippen LogP contribution >= 0.6 is 0 Å². The number of unbranched alkanes of at least 4 members (excludes halogenated alkanes) is 1. The van der Waals surface area contributed by atoms with Gasteiger partial charge in [-0.25, -0.2) is 8.42 Å². The second-order valence-electron chi connectivity index (χ2n) is 5.07. The Morgan fingerprint density at radius 3 is 2.48 bits per heavy atom. The van der Waals surface area contributed by atoms with Crippen molar-refractivity contribution < 1.29 is 22.0 Å². The maximum Gasteiger partial charge on any atom is 0.341 e. The number of nitrogens with one attached hydrogen (secondary N) is 1. The Bertz CT molecular complexity index is 621. The molecule has 130 valence electrons. The number of sulfone groups is 1. The summed E-state index contributed by atoms with van der Waals surface area (Å²) in [4.78, 5) is 13.4. The van der Waals surface area contributed by atoms with Gasteiger partial charge in [0.2, 0.25) is 15.7 Å². The molecule has 23 heavy (non-hydrogen) atoms. The molecule has 8 heteroatoms. The van der Waals surface area contributed by atoms with Gasteiger partial charge in [-0.05, 0) is 31.6 Å². The smallest absolute Gasteiger partial charge is 0.324 e. The molecule has 0 fully saturated rings. The predicted molar refractivity (Wildman–Crippen MR) is 85.3 cm³/mol. The van der Waals surface area contributed by atoms with Gasteiger partial charge in [-0.1, -0.05) is 32.4 Å². The summed E-state index contributed by atoms with van der Waals surface area (Å²) < 4.78 is 48.7. The van der Waals surface area contributed by atoms with Gasteiger partial charge in [-0.15, -0.1) is 0 Å². The summed E-state index contributed by atoms with van der Waals surface area (Å²) in [7, 11) is -4.76. The first-order valence-electron chi connectivity index (χ1n) is 7.46. The number of benzene rings is 1. The number of alkyl halides is 2. The zero-order chi connectivity index (χ0) is 17.5. The lowest BCUT2D eigenvalue weighted by Crippen LogP contribution is -2.34. The fourth-order valence-electron chi connectivity index (χ4n) is 2.04. The van der Waals surface area contributed by atoms with Crippen LogP contribution in [-0.4, -0.2) is 44.6 Å². The number of hydrogen-bond acceptors (Lipinski definition) is 4. The van der Waals surface area contributed by atoms with Gasteiger partial charge in [0.05, 0.1) is 17.1 Å². The fourth-order valence-corrected chi connectivity index (χ4v) is 2.92. The Labute approximate surface area is 135 Å². The van der Waals surface area contributed by atoms with Crippen LogP contribution < -0.4 is 5.32 Å². The van der Waals surface area contributed by atoms with Gasteiger partial charge in [0.1, 0.15) is 0 Å². The van der Waals surface area contributed by atoms with E-state index < -0.39 is 26.4 Å². The maximum absolute atomic E-state index is 12.7. The molecule has 0 saturated heterocycles. The third kappa shape index (κ3) is 5.54. The van der Waals surface area contributed by atoms with Gasteiger partial charge in [-0.3, -0.25) is 9.69 Å². The van der Waals surface area contributed by atoms with E-state index in [-0.39, 0.29) is 12.2 Å². The van der Waals surface area contributed by atoms with Crippen molar-refractivity contribution in [2.45, 2.75) is 37.3 Å². The summed E-state index contributed by atoms with van der Waals surface area (Å²) >= 11 is 0. The number of anilines is 1. The highest BCUT2D eigenvalue weighted by Crippen LogP contribution is 2.26. The van der Waals surface area contributed by atoms with E-state index in [9.17, 15) is 22.0 Å². The fraction of sp³-hybridized carbons (Fsp3) is 0.533. The van der Waals surface area contributed by atoms with E-state index in [4.69, 9.17) is 0 Å². The second kappa shape index (κ2) is 8.93. The van der Waals surface area contributed by atoms with Gasteiger partial charge >= 0.3 is 5.76 Å². The van der Waals surface area contributed by atoms with Crippen LogP contribution in [0.2, 0.25) is 0 Å². The molecule has 0 heterocycles. The number of hydrogen-bond donors (Lipinski definition) is 1. The van der Waals surface area contributed by atoms with Gasteiger partial charge in [0.15, 0.2) is 0 Å². The molecule has 0 bridgehead atoms. The molecule has 0 saturated carbocycles. The number of halogens is 2. The average molecular weight is 348 g/mol. The SMILES string of the molecule is CCCCN(CC)CC(=O)Nc1ccccc1S(=O)(=O)C(F)F. The van der Waals surface area contributed by atoms with Crippen molar-refractivity contribution in [1.29, 1.82) is 0 Å². The molecule has 1 aromatic rings. The van der Waals surface area contributed by atoms with Crippen LogP contribution in [0, 0.1) is 0 Å². The molecular weight excluding hydrogens is 326 g/mol. The van der Waals surface area contributed by atoms with E-state index >= 15 is 0 Å². The van der Waals surface area contributed by atoms with Crippen LogP contribution in [0.4, 0.5) is 14.5 Å². The van der Waals surface area contributed by atoms with Crippen molar-refractivity contribution >= 4 is 21.4 Å². The number of carbonyl (C=O) groups is 1. The van der Waals surface area contributed by atoms with E-state index in [1.165, 1.54) is 18.2 Å². The summed E-state index contributed by atoms with van der Waals surface area (Å²) in [5, 5.41) is 2.42. The monoisotopic (exact) mass is 348 g/mol. The lowest BCUT2D eigenvalue weighted by atomic mass is 10.3. The molecule has 1 rings (SSSR count). The minimum atomic E-state index is -4.76. The maximum atomic E-state index is 12.7. The molecule has 0 radical (unpaired) electrons. The van der Waals surface area contributed by atoms with Crippen LogP contribution in [0.3, 0.4) is 0 Å². The molecule has 0 aliphatic heterocycles. The number of rotatable bonds is 9. The summed E-state index contributed by atoms with van der Waals surface area (Å²) in [6.07, 6.45) is 1.94. The van der Waals surface area contributed by atoms with E-state index in [1.807, 2.05) is 18.7 Å². The summed E-state index contributed by atoms with van der Waals surface area (Å²) in [5.41, 5.74) is -0.121. The van der Waals surface area contributed by atoms with E-state index in [1.54, 1.807) is 0 Å². The van der Waals surface area contributed by atoms with Gasteiger partial charge in [-0.2, -0.15) is 8.78 Å². The van der Waals surface area contributed by atoms with Crippen molar-refractivity contribution in [2.24, 2.45) is 0 Å².